The van der Waals surface area contributed by atoms with Crippen LogP contribution in [-0.4, -0.2) is 36.1 Å². The SMILES string of the molecule is CNCC1CCCN1Cc1csc(C)n1. The fourth-order valence-corrected chi connectivity index (χ4v) is 2.86. The summed E-state index contributed by atoms with van der Waals surface area (Å²) in [6, 6.07) is 0.706. The molecular weight excluding hydrogens is 206 g/mol. The lowest BCUT2D eigenvalue weighted by molar-refractivity contribution is 0.240. The van der Waals surface area contributed by atoms with Gasteiger partial charge in [-0.25, -0.2) is 4.98 Å². The molecule has 0 aromatic carbocycles. The summed E-state index contributed by atoms with van der Waals surface area (Å²) in [4.78, 5) is 7.07. The maximum absolute atomic E-state index is 4.53. The average molecular weight is 225 g/mol. The fourth-order valence-electron chi connectivity index (χ4n) is 2.26. The highest BCUT2D eigenvalue weighted by Crippen LogP contribution is 2.20. The van der Waals surface area contributed by atoms with E-state index in [1.807, 2.05) is 7.05 Å². The van der Waals surface area contributed by atoms with Crippen LogP contribution in [0.2, 0.25) is 0 Å². The molecule has 0 radical (unpaired) electrons. The summed E-state index contributed by atoms with van der Waals surface area (Å²) >= 11 is 1.75. The van der Waals surface area contributed by atoms with Gasteiger partial charge < -0.3 is 5.32 Å². The van der Waals surface area contributed by atoms with Crippen LogP contribution in [-0.2, 0) is 6.54 Å². The van der Waals surface area contributed by atoms with Gasteiger partial charge in [0.05, 0.1) is 10.7 Å². The smallest absolute Gasteiger partial charge is 0.0897 e. The van der Waals surface area contributed by atoms with Crippen LogP contribution in [0.3, 0.4) is 0 Å². The molecule has 1 saturated heterocycles. The Bertz CT molecular complexity index is 311. The van der Waals surface area contributed by atoms with E-state index in [4.69, 9.17) is 0 Å². The highest BCUT2D eigenvalue weighted by Gasteiger charge is 2.24. The van der Waals surface area contributed by atoms with Crippen LogP contribution in [0.4, 0.5) is 0 Å². The van der Waals surface area contributed by atoms with Crippen molar-refractivity contribution >= 4 is 11.3 Å². The lowest BCUT2D eigenvalue weighted by Gasteiger charge is -2.23. The van der Waals surface area contributed by atoms with Gasteiger partial charge in [-0.2, -0.15) is 0 Å². The van der Waals surface area contributed by atoms with Crippen LogP contribution in [0.25, 0.3) is 0 Å². The first-order valence-electron chi connectivity index (χ1n) is 5.59. The minimum Gasteiger partial charge on any atom is -0.318 e. The molecule has 3 nitrogen and oxygen atoms in total. The molecular formula is C11H19N3S. The Morgan fingerprint density at radius 3 is 3.20 bits per heavy atom. The molecule has 1 atom stereocenters. The zero-order valence-electron chi connectivity index (χ0n) is 9.49. The maximum atomic E-state index is 4.53. The van der Waals surface area contributed by atoms with Crippen LogP contribution in [0, 0.1) is 6.92 Å². The molecule has 1 fully saturated rings. The molecule has 0 saturated carbocycles. The Hall–Kier alpha value is -0.450. The van der Waals surface area contributed by atoms with E-state index in [-0.39, 0.29) is 0 Å². The van der Waals surface area contributed by atoms with Crippen LogP contribution < -0.4 is 5.32 Å². The molecule has 2 heterocycles. The van der Waals surface area contributed by atoms with E-state index in [0.29, 0.717) is 6.04 Å². The van der Waals surface area contributed by atoms with Gasteiger partial charge in [0.1, 0.15) is 0 Å². The number of likely N-dealkylation sites (N-methyl/N-ethyl adjacent to an activating group) is 1. The van der Waals surface area contributed by atoms with Crippen molar-refractivity contribution in [2.75, 3.05) is 20.1 Å². The van der Waals surface area contributed by atoms with Crippen LogP contribution in [0.15, 0.2) is 5.38 Å². The van der Waals surface area contributed by atoms with Crippen LogP contribution >= 0.6 is 11.3 Å². The van der Waals surface area contributed by atoms with E-state index in [9.17, 15) is 0 Å². The van der Waals surface area contributed by atoms with Gasteiger partial charge in [0.25, 0.3) is 0 Å². The summed E-state index contributed by atoms with van der Waals surface area (Å²) in [7, 11) is 2.03. The quantitative estimate of drug-likeness (QED) is 0.844. The Morgan fingerprint density at radius 2 is 2.53 bits per heavy atom. The lowest BCUT2D eigenvalue weighted by Crippen LogP contribution is -2.36. The molecule has 4 heteroatoms. The van der Waals surface area contributed by atoms with Crippen molar-refractivity contribution in [3.8, 4) is 0 Å². The molecule has 1 aliphatic heterocycles. The number of nitrogens with zero attached hydrogens (tertiary/aromatic N) is 2. The molecule has 1 aromatic rings. The van der Waals surface area contributed by atoms with Gasteiger partial charge >= 0.3 is 0 Å². The van der Waals surface area contributed by atoms with Crippen molar-refractivity contribution < 1.29 is 0 Å². The molecule has 0 spiro atoms. The molecule has 1 unspecified atom stereocenters. The number of likely N-dealkylation sites (tertiary alicyclic amines) is 1. The van der Waals surface area contributed by atoms with Gasteiger partial charge in [-0.3, -0.25) is 4.90 Å². The Morgan fingerprint density at radius 1 is 1.67 bits per heavy atom. The highest BCUT2D eigenvalue weighted by molar-refractivity contribution is 7.09. The number of aryl methyl sites for hydroxylation is 1. The molecule has 15 heavy (non-hydrogen) atoms. The third-order valence-electron chi connectivity index (χ3n) is 2.97. The zero-order chi connectivity index (χ0) is 10.7. The number of hydrogen-bond acceptors (Lipinski definition) is 4. The summed E-state index contributed by atoms with van der Waals surface area (Å²) < 4.78 is 0. The Balaban J connectivity index is 1.93. The predicted octanol–water partition coefficient (Wildman–Crippen LogP) is 1.64. The second-order valence-corrected chi connectivity index (χ2v) is 5.24. The van der Waals surface area contributed by atoms with E-state index in [0.717, 1.165) is 13.1 Å². The van der Waals surface area contributed by atoms with Gasteiger partial charge in [0, 0.05) is 24.5 Å². The number of aromatic nitrogens is 1. The first-order chi connectivity index (χ1) is 7.29. The monoisotopic (exact) mass is 225 g/mol. The Labute approximate surface area is 95.5 Å². The van der Waals surface area contributed by atoms with Crippen molar-refractivity contribution in [3.63, 3.8) is 0 Å². The summed E-state index contributed by atoms with van der Waals surface area (Å²) in [5, 5.41) is 6.63. The van der Waals surface area contributed by atoms with Gasteiger partial charge in [-0.15, -0.1) is 11.3 Å². The van der Waals surface area contributed by atoms with Crippen molar-refractivity contribution in [1.82, 2.24) is 15.2 Å². The lowest BCUT2D eigenvalue weighted by atomic mass is 10.2. The van der Waals surface area contributed by atoms with E-state index in [2.05, 4.69) is 27.5 Å². The standard InChI is InChI=1S/C11H19N3S/c1-9-13-10(8-15-9)7-14-5-3-4-11(14)6-12-2/h8,11-12H,3-7H2,1-2H3. The normalized spacial score (nSPS) is 22.4. The van der Waals surface area contributed by atoms with Gasteiger partial charge in [0.15, 0.2) is 0 Å². The highest BCUT2D eigenvalue weighted by atomic mass is 32.1. The molecule has 1 N–H and O–H groups in total. The minimum atomic E-state index is 0.706. The summed E-state index contributed by atoms with van der Waals surface area (Å²) in [6.07, 6.45) is 2.65. The molecule has 2 rings (SSSR count). The number of nitrogens with one attached hydrogen (secondary N) is 1. The molecule has 1 aliphatic rings. The van der Waals surface area contributed by atoms with Gasteiger partial charge in [0.2, 0.25) is 0 Å². The zero-order valence-corrected chi connectivity index (χ0v) is 10.3. The van der Waals surface area contributed by atoms with E-state index in [1.54, 1.807) is 11.3 Å². The minimum absolute atomic E-state index is 0.706. The van der Waals surface area contributed by atoms with Crippen molar-refractivity contribution in [2.45, 2.75) is 32.4 Å². The maximum Gasteiger partial charge on any atom is 0.0897 e. The van der Waals surface area contributed by atoms with Gasteiger partial charge in [-0.05, 0) is 33.4 Å². The summed E-state index contributed by atoms with van der Waals surface area (Å²) in [5.74, 6) is 0. The third-order valence-corrected chi connectivity index (χ3v) is 3.79. The van der Waals surface area contributed by atoms with Gasteiger partial charge in [-0.1, -0.05) is 0 Å². The predicted molar refractivity (Wildman–Crippen MR) is 64.2 cm³/mol. The van der Waals surface area contributed by atoms with Crippen molar-refractivity contribution in [2.24, 2.45) is 0 Å². The van der Waals surface area contributed by atoms with Crippen LogP contribution in [0.5, 0.6) is 0 Å². The summed E-state index contributed by atoms with van der Waals surface area (Å²) in [6.45, 7) is 5.42. The molecule has 84 valence electrons. The molecule has 1 aromatic heterocycles. The fraction of sp³-hybridized carbons (Fsp3) is 0.727. The number of rotatable bonds is 4. The van der Waals surface area contributed by atoms with E-state index < -0.39 is 0 Å². The number of hydrogen-bond donors (Lipinski definition) is 1. The molecule has 0 aliphatic carbocycles. The largest absolute Gasteiger partial charge is 0.318 e. The first kappa shape index (κ1) is 11.0. The molecule has 0 bridgehead atoms. The van der Waals surface area contributed by atoms with E-state index in [1.165, 1.54) is 30.1 Å². The average Bonchev–Trinajstić information content (AvgIpc) is 2.78. The Kier molecular flexibility index (Phi) is 3.72. The van der Waals surface area contributed by atoms with Crippen molar-refractivity contribution in [1.29, 1.82) is 0 Å². The summed E-state index contributed by atoms with van der Waals surface area (Å²) in [5.41, 5.74) is 1.24. The van der Waals surface area contributed by atoms with E-state index >= 15 is 0 Å². The second kappa shape index (κ2) is 5.05. The molecule has 0 amide bonds. The van der Waals surface area contributed by atoms with Crippen LogP contribution in [0.1, 0.15) is 23.5 Å². The second-order valence-electron chi connectivity index (χ2n) is 4.18. The third kappa shape index (κ3) is 2.77. The topological polar surface area (TPSA) is 28.2 Å². The number of thiazole rings is 1. The van der Waals surface area contributed by atoms with Crippen molar-refractivity contribution in [3.05, 3.63) is 16.1 Å². The first-order valence-corrected chi connectivity index (χ1v) is 6.47.